The van der Waals surface area contributed by atoms with E-state index in [1.807, 2.05) is 0 Å². The molecule has 10 heteroatoms. The first-order valence-electron chi connectivity index (χ1n) is 7.79. The number of nitrogens with zero attached hydrogens (tertiary/aromatic N) is 1. The van der Waals surface area contributed by atoms with E-state index in [4.69, 9.17) is 25.8 Å². The molecule has 0 saturated carbocycles. The number of hydrogen-bond donors (Lipinski definition) is 2. The highest BCUT2D eigenvalue weighted by Gasteiger charge is 2.15. The Balaban J connectivity index is 2.04. The van der Waals surface area contributed by atoms with E-state index in [2.05, 4.69) is 15.8 Å². The zero-order valence-electron chi connectivity index (χ0n) is 15.2. The minimum absolute atomic E-state index is 0.167. The molecule has 0 aliphatic heterocycles. The van der Waals surface area contributed by atoms with Crippen LogP contribution in [0.1, 0.15) is 5.56 Å². The van der Waals surface area contributed by atoms with E-state index in [-0.39, 0.29) is 10.7 Å². The van der Waals surface area contributed by atoms with Gasteiger partial charge in [0.2, 0.25) is 5.75 Å². The summed E-state index contributed by atoms with van der Waals surface area (Å²) in [5, 5.41) is 5.81. The van der Waals surface area contributed by atoms with Crippen LogP contribution in [0.15, 0.2) is 35.4 Å². The third-order valence-electron chi connectivity index (χ3n) is 3.45. The van der Waals surface area contributed by atoms with Gasteiger partial charge in [0.1, 0.15) is 5.82 Å². The molecule has 0 aliphatic rings. The van der Waals surface area contributed by atoms with Crippen LogP contribution in [0.3, 0.4) is 0 Å². The van der Waals surface area contributed by atoms with Gasteiger partial charge in [-0.2, -0.15) is 5.10 Å². The number of rotatable bonds is 6. The quantitative estimate of drug-likeness (QED) is 0.434. The fraction of sp³-hybridized carbons (Fsp3) is 0.167. The van der Waals surface area contributed by atoms with E-state index in [9.17, 15) is 14.0 Å². The lowest BCUT2D eigenvalue weighted by Gasteiger charge is -2.12. The fourth-order valence-corrected chi connectivity index (χ4v) is 2.33. The van der Waals surface area contributed by atoms with Crippen LogP contribution in [0.4, 0.5) is 10.1 Å². The molecule has 8 nitrogen and oxygen atoms in total. The number of methoxy groups -OCH3 is 3. The molecule has 0 saturated heterocycles. The van der Waals surface area contributed by atoms with Crippen molar-refractivity contribution in [1.29, 1.82) is 0 Å². The van der Waals surface area contributed by atoms with Gasteiger partial charge in [-0.3, -0.25) is 9.59 Å². The standard InChI is InChI=1S/C18H17ClFN3O5/c1-26-14-6-10(7-15(27-2)16(14)28-3)9-21-23-18(25)17(24)22-11-4-5-13(20)12(19)8-11/h4-9H,1-3H3,(H,22,24)(H,23,25)/b21-9+. The van der Waals surface area contributed by atoms with Crippen molar-refractivity contribution in [2.24, 2.45) is 5.10 Å². The van der Waals surface area contributed by atoms with Crippen LogP contribution in [0, 0.1) is 5.82 Å². The molecule has 2 aromatic carbocycles. The van der Waals surface area contributed by atoms with Crippen LogP contribution in [0.2, 0.25) is 5.02 Å². The summed E-state index contributed by atoms with van der Waals surface area (Å²) in [5.41, 5.74) is 2.77. The second-order valence-corrected chi connectivity index (χ2v) is 5.65. The number of hydrazone groups is 1. The third-order valence-corrected chi connectivity index (χ3v) is 3.74. The molecule has 0 aliphatic carbocycles. The van der Waals surface area contributed by atoms with E-state index in [0.717, 1.165) is 6.07 Å². The SMILES string of the molecule is COc1cc(/C=N/NC(=O)C(=O)Nc2ccc(F)c(Cl)c2)cc(OC)c1OC. The maximum atomic E-state index is 13.1. The lowest BCUT2D eigenvalue weighted by Crippen LogP contribution is -2.32. The number of carbonyl (C=O) groups excluding carboxylic acids is 2. The van der Waals surface area contributed by atoms with Crippen LogP contribution in [0.25, 0.3) is 0 Å². The van der Waals surface area contributed by atoms with E-state index < -0.39 is 17.6 Å². The summed E-state index contributed by atoms with van der Waals surface area (Å²) in [7, 11) is 4.40. The maximum absolute atomic E-state index is 13.1. The van der Waals surface area contributed by atoms with Gasteiger partial charge in [0.25, 0.3) is 0 Å². The first kappa shape index (κ1) is 21.0. The Morgan fingerprint density at radius 1 is 1.04 bits per heavy atom. The molecule has 0 heterocycles. The first-order chi connectivity index (χ1) is 13.4. The Bertz CT molecular complexity index is 895. The predicted molar refractivity (Wildman–Crippen MR) is 102 cm³/mol. The van der Waals surface area contributed by atoms with Crippen LogP contribution in [-0.4, -0.2) is 39.4 Å². The zero-order valence-corrected chi connectivity index (χ0v) is 16.0. The van der Waals surface area contributed by atoms with E-state index in [0.29, 0.717) is 22.8 Å². The van der Waals surface area contributed by atoms with E-state index in [1.165, 1.54) is 39.7 Å². The minimum Gasteiger partial charge on any atom is -0.493 e. The third kappa shape index (κ3) is 5.10. The molecule has 0 spiro atoms. The van der Waals surface area contributed by atoms with Crippen molar-refractivity contribution in [2.75, 3.05) is 26.6 Å². The summed E-state index contributed by atoms with van der Waals surface area (Å²) >= 11 is 5.62. The molecule has 0 fully saturated rings. The number of ether oxygens (including phenoxy) is 3. The van der Waals surface area contributed by atoms with Crippen molar-refractivity contribution in [3.05, 3.63) is 46.7 Å². The summed E-state index contributed by atoms with van der Waals surface area (Å²) in [6.45, 7) is 0. The molecule has 0 unspecified atom stereocenters. The average molecular weight is 410 g/mol. The molecule has 0 bridgehead atoms. The van der Waals surface area contributed by atoms with Gasteiger partial charge in [0.15, 0.2) is 11.5 Å². The summed E-state index contributed by atoms with van der Waals surface area (Å²) < 4.78 is 28.7. The normalized spacial score (nSPS) is 10.5. The summed E-state index contributed by atoms with van der Waals surface area (Å²) in [6, 6.07) is 6.74. The molecule has 0 radical (unpaired) electrons. The van der Waals surface area contributed by atoms with Gasteiger partial charge >= 0.3 is 11.8 Å². The number of anilines is 1. The number of hydrogen-bond acceptors (Lipinski definition) is 6. The largest absolute Gasteiger partial charge is 0.493 e. The van der Waals surface area contributed by atoms with Crippen LogP contribution in [-0.2, 0) is 9.59 Å². The molecule has 2 N–H and O–H groups in total. The lowest BCUT2D eigenvalue weighted by molar-refractivity contribution is -0.136. The number of amides is 2. The monoisotopic (exact) mass is 409 g/mol. The molecular weight excluding hydrogens is 393 g/mol. The Morgan fingerprint density at radius 2 is 1.68 bits per heavy atom. The minimum atomic E-state index is -1.02. The summed E-state index contributed by atoms with van der Waals surface area (Å²) in [5.74, 6) is -1.45. The van der Waals surface area contributed by atoms with Gasteiger partial charge in [-0.15, -0.1) is 0 Å². The van der Waals surface area contributed by atoms with Crippen molar-refractivity contribution in [3.63, 3.8) is 0 Å². The maximum Gasteiger partial charge on any atom is 0.329 e. The first-order valence-corrected chi connectivity index (χ1v) is 8.16. The highest BCUT2D eigenvalue weighted by molar-refractivity contribution is 6.39. The number of carbonyl (C=O) groups is 2. The van der Waals surface area contributed by atoms with Crippen molar-refractivity contribution in [2.45, 2.75) is 0 Å². The fourth-order valence-electron chi connectivity index (χ4n) is 2.15. The second-order valence-electron chi connectivity index (χ2n) is 5.24. The zero-order chi connectivity index (χ0) is 20.7. The highest BCUT2D eigenvalue weighted by atomic mass is 35.5. The van der Waals surface area contributed by atoms with E-state index in [1.54, 1.807) is 12.1 Å². The van der Waals surface area contributed by atoms with Crippen LogP contribution in [0.5, 0.6) is 17.2 Å². The van der Waals surface area contributed by atoms with Crippen molar-refractivity contribution in [3.8, 4) is 17.2 Å². The second kappa shape index (κ2) is 9.56. The summed E-state index contributed by atoms with van der Waals surface area (Å²) in [6.07, 6.45) is 1.30. The van der Waals surface area contributed by atoms with Gasteiger partial charge in [-0.05, 0) is 30.3 Å². The van der Waals surface area contributed by atoms with Gasteiger partial charge in [0, 0.05) is 11.3 Å². The number of halogens is 2. The van der Waals surface area contributed by atoms with Crippen LogP contribution < -0.4 is 25.0 Å². The molecule has 2 rings (SSSR count). The smallest absolute Gasteiger partial charge is 0.329 e. The lowest BCUT2D eigenvalue weighted by atomic mass is 10.2. The predicted octanol–water partition coefficient (Wildman–Crippen LogP) is 2.59. The Kier molecular flexibility index (Phi) is 7.16. The van der Waals surface area contributed by atoms with Gasteiger partial charge in [-0.1, -0.05) is 11.6 Å². The highest BCUT2D eigenvalue weighted by Crippen LogP contribution is 2.37. The Morgan fingerprint density at radius 3 is 2.21 bits per heavy atom. The number of nitrogens with one attached hydrogen (secondary N) is 2. The Hall–Kier alpha value is -3.33. The van der Waals surface area contributed by atoms with Crippen molar-refractivity contribution >= 4 is 35.3 Å². The van der Waals surface area contributed by atoms with Gasteiger partial charge in [-0.25, -0.2) is 9.82 Å². The van der Waals surface area contributed by atoms with Crippen molar-refractivity contribution in [1.82, 2.24) is 5.43 Å². The molecule has 148 valence electrons. The molecule has 2 aromatic rings. The molecule has 2 amide bonds. The number of benzene rings is 2. The molecular formula is C18H17ClFN3O5. The molecule has 0 atom stereocenters. The van der Waals surface area contributed by atoms with Crippen molar-refractivity contribution < 1.29 is 28.2 Å². The Labute approximate surface area is 165 Å². The summed E-state index contributed by atoms with van der Waals surface area (Å²) in [4.78, 5) is 23.7. The molecule has 28 heavy (non-hydrogen) atoms. The topological polar surface area (TPSA) is 98.2 Å². The molecule has 0 aromatic heterocycles. The van der Waals surface area contributed by atoms with Gasteiger partial charge in [0.05, 0.1) is 32.6 Å². The van der Waals surface area contributed by atoms with Crippen LogP contribution >= 0.6 is 11.6 Å². The average Bonchev–Trinajstić information content (AvgIpc) is 2.69. The van der Waals surface area contributed by atoms with Gasteiger partial charge < -0.3 is 19.5 Å². The van der Waals surface area contributed by atoms with E-state index >= 15 is 0 Å².